The standard InChI is InChI=1S/C31H34ClN3O2.CF2O/c1-19(36)34-27-13-12-23-24-16-21(28(37)15-20-8-10-22(32)11-9-20)17-25(26-7-5-6-14-33-26)29(24)35(30(23)27)18-31(2,3)4;2-1(3)4/h5-11,14,16-17,23,27,30H,12-13,15,18H2,1-4H3,(H,34,36);. The van der Waals surface area contributed by atoms with Gasteiger partial charge in [0.15, 0.2) is 5.78 Å². The number of carbonyl (C=O) groups is 3. The van der Waals surface area contributed by atoms with Gasteiger partial charge in [0.1, 0.15) is 0 Å². The van der Waals surface area contributed by atoms with Gasteiger partial charge in [-0.2, -0.15) is 0 Å². The molecule has 1 aromatic heterocycles. The summed E-state index contributed by atoms with van der Waals surface area (Å²) < 4.78 is 19.4. The number of aromatic nitrogens is 1. The lowest BCUT2D eigenvalue weighted by molar-refractivity contribution is -0.119. The number of benzene rings is 2. The molecule has 1 N–H and O–H groups in total. The molecule has 3 unspecified atom stereocenters. The summed E-state index contributed by atoms with van der Waals surface area (Å²) in [6.45, 7) is 9.16. The summed E-state index contributed by atoms with van der Waals surface area (Å²) in [5, 5.41) is 3.88. The molecule has 5 rings (SSSR count). The molecule has 0 saturated heterocycles. The third-order valence-electron chi connectivity index (χ3n) is 7.37. The Kier molecular flexibility index (Phi) is 9.22. The van der Waals surface area contributed by atoms with Gasteiger partial charge in [-0.25, -0.2) is 4.79 Å². The Labute approximate surface area is 244 Å². The molecule has 0 radical (unpaired) electrons. The Balaban J connectivity index is 0.000000909. The summed E-state index contributed by atoms with van der Waals surface area (Å²) in [5.74, 6) is 0.325. The molecule has 41 heavy (non-hydrogen) atoms. The lowest BCUT2D eigenvalue weighted by atomic mass is 9.90. The van der Waals surface area contributed by atoms with E-state index in [4.69, 9.17) is 21.4 Å². The highest BCUT2D eigenvalue weighted by molar-refractivity contribution is 6.30. The number of Topliss-reactive ketones (excluding diaryl/α,β-unsaturated/α-hetero) is 1. The molecule has 9 heteroatoms. The Morgan fingerprint density at radius 2 is 1.73 bits per heavy atom. The van der Waals surface area contributed by atoms with Crippen LogP contribution in [-0.2, 0) is 11.2 Å². The number of fused-ring (bicyclic) bond motifs is 3. The van der Waals surface area contributed by atoms with Crippen molar-refractivity contribution in [2.75, 3.05) is 11.4 Å². The number of hydrogen-bond acceptors (Lipinski definition) is 5. The SMILES string of the molecule is CC(=O)NC1CCC2c3cc(C(=O)Cc4ccc(Cl)cc4)cc(-c4ccccn4)c3N(CC(C)(C)C)C12.O=C(F)F. The topological polar surface area (TPSA) is 79.4 Å². The number of anilines is 1. The monoisotopic (exact) mass is 581 g/mol. The molecule has 6 nitrogen and oxygen atoms in total. The first-order chi connectivity index (χ1) is 19.3. The number of ketones is 1. The molecule has 1 aliphatic carbocycles. The van der Waals surface area contributed by atoms with Gasteiger partial charge < -0.3 is 10.2 Å². The third-order valence-corrected chi connectivity index (χ3v) is 7.63. The first kappa shape index (κ1) is 30.3. The van der Waals surface area contributed by atoms with Crippen molar-refractivity contribution < 1.29 is 23.2 Å². The number of pyridine rings is 1. The van der Waals surface area contributed by atoms with E-state index < -0.39 is 6.29 Å². The lowest BCUT2D eigenvalue weighted by Crippen LogP contribution is -2.50. The van der Waals surface area contributed by atoms with Crippen LogP contribution in [0, 0.1) is 5.41 Å². The number of nitrogens with one attached hydrogen (secondary N) is 1. The number of amides is 1. The van der Waals surface area contributed by atoms with Crippen molar-refractivity contribution in [2.45, 2.75) is 65.0 Å². The Hall–Kier alpha value is -3.65. The van der Waals surface area contributed by atoms with Crippen LogP contribution in [0.1, 0.15) is 67.9 Å². The summed E-state index contributed by atoms with van der Waals surface area (Å²) in [4.78, 5) is 41.0. The summed E-state index contributed by atoms with van der Waals surface area (Å²) in [6, 6.07) is 17.7. The number of halogens is 3. The maximum atomic E-state index is 13.6. The number of carbonyl (C=O) groups excluding carboxylic acids is 3. The minimum Gasteiger partial charge on any atom is -0.365 e. The van der Waals surface area contributed by atoms with Gasteiger partial charge in [-0.1, -0.05) is 50.6 Å². The molecule has 1 fully saturated rings. The van der Waals surface area contributed by atoms with Crippen LogP contribution in [0.25, 0.3) is 11.3 Å². The van der Waals surface area contributed by atoms with Gasteiger partial charge >= 0.3 is 6.29 Å². The van der Waals surface area contributed by atoms with Crippen LogP contribution in [0.4, 0.5) is 19.3 Å². The molecule has 1 amide bonds. The zero-order valence-electron chi connectivity index (χ0n) is 23.6. The maximum absolute atomic E-state index is 13.6. The highest BCUT2D eigenvalue weighted by atomic mass is 35.5. The molecule has 0 bridgehead atoms. The van der Waals surface area contributed by atoms with Crippen LogP contribution in [-0.4, -0.2) is 41.6 Å². The van der Waals surface area contributed by atoms with E-state index in [1.807, 2.05) is 48.5 Å². The van der Waals surface area contributed by atoms with E-state index >= 15 is 0 Å². The van der Waals surface area contributed by atoms with Crippen molar-refractivity contribution in [3.05, 3.63) is 82.5 Å². The molecule has 2 aromatic carbocycles. The minimum atomic E-state index is -2.83. The van der Waals surface area contributed by atoms with E-state index in [9.17, 15) is 18.4 Å². The van der Waals surface area contributed by atoms with Crippen molar-refractivity contribution in [3.8, 4) is 11.3 Å². The lowest BCUT2D eigenvalue weighted by Gasteiger charge is -2.37. The Morgan fingerprint density at radius 3 is 2.32 bits per heavy atom. The molecular weight excluding hydrogens is 548 g/mol. The third kappa shape index (κ3) is 7.36. The normalized spacial score (nSPS) is 19.1. The van der Waals surface area contributed by atoms with E-state index in [0.717, 1.165) is 41.9 Å². The van der Waals surface area contributed by atoms with E-state index in [1.165, 1.54) is 5.56 Å². The fourth-order valence-corrected chi connectivity index (χ4v) is 6.17. The van der Waals surface area contributed by atoms with Crippen LogP contribution >= 0.6 is 11.6 Å². The molecule has 2 aliphatic rings. The van der Waals surface area contributed by atoms with Crippen molar-refractivity contribution in [3.63, 3.8) is 0 Å². The zero-order chi connectivity index (χ0) is 29.9. The predicted molar refractivity (Wildman–Crippen MR) is 157 cm³/mol. The highest BCUT2D eigenvalue weighted by Crippen LogP contribution is 2.53. The van der Waals surface area contributed by atoms with Crippen molar-refractivity contribution in [1.29, 1.82) is 0 Å². The number of nitrogens with zero attached hydrogens (tertiary/aromatic N) is 2. The largest absolute Gasteiger partial charge is 0.483 e. The molecule has 1 saturated carbocycles. The Morgan fingerprint density at radius 1 is 1.05 bits per heavy atom. The fraction of sp³-hybridized carbons (Fsp3) is 0.375. The van der Waals surface area contributed by atoms with E-state index in [-0.39, 0.29) is 35.1 Å². The van der Waals surface area contributed by atoms with Gasteiger partial charge in [-0.05, 0) is 65.8 Å². The smallest absolute Gasteiger partial charge is 0.365 e. The van der Waals surface area contributed by atoms with Crippen LogP contribution in [0.15, 0.2) is 60.8 Å². The van der Waals surface area contributed by atoms with Gasteiger partial charge in [0.2, 0.25) is 5.91 Å². The highest BCUT2D eigenvalue weighted by Gasteiger charge is 2.49. The van der Waals surface area contributed by atoms with E-state index in [0.29, 0.717) is 17.0 Å². The van der Waals surface area contributed by atoms with Crippen LogP contribution in [0.2, 0.25) is 5.02 Å². The second kappa shape index (κ2) is 12.5. The van der Waals surface area contributed by atoms with E-state index in [1.54, 1.807) is 13.1 Å². The quantitative estimate of drug-likeness (QED) is 0.241. The molecule has 3 atom stereocenters. The molecular formula is C32H34ClF2N3O3. The Bertz CT molecular complexity index is 1420. The first-order valence-electron chi connectivity index (χ1n) is 13.6. The number of hydrogen-bond donors (Lipinski definition) is 1. The second-order valence-electron chi connectivity index (χ2n) is 11.8. The van der Waals surface area contributed by atoms with Gasteiger partial charge in [-0.15, -0.1) is 8.78 Å². The summed E-state index contributed by atoms with van der Waals surface area (Å²) in [7, 11) is 0. The van der Waals surface area contributed by atoms with Gasteiger partial charge in [0, 0.05) is 54.2 Å². The average Bonchev–Trinajstić information content (AvgIpc) is 3.43. The molecule has 1 aliphatic heterocycles. The molecule has 2 heterocycles. The van der Waals surface area contributed by atoms with Crippen molar-refractivity contribution in [1.82, 2.24) is 10.3 Å². The van der Waals surface area contributed by atoms with Gasteiger partial charge in [0.05, 0.1) is 17.4 Å². The van der Waals surface area contributed by atoms with Crippen LogP contribution in [0.3, 0.4) is 0 Å². The van der Waals surface area contributed by atoms with Crippen LogP contribution in [0.5, 0.6) is 0 Å². The molecule has 3 aromatic rings. The first-order valence-corrected chi connectivity index (χ1v) is 14.0. The minimum absolute atomic E-state index is 0.00101. The fourth-order valence-electron chi connectivity index (χ4n) is 6.05. The molecule has 0 spiro atoms. The summed E-state index contributed by atoms with van der Waals surface area (Å²) >= 11 is 6.05. The van der Waals surface area contributed by atoms with Crippen molar-refractivity contribution in [2.24, 2.45) is 5.41 Å². The predicted octanol–water partition coefficient (Wildman–Crippen LogP) is 7.49. The zero-order valence-corrected chi connectivity index (χ0v) is 24.3. The van der Waals surface area contributed by atoms with Gasteiger partial charge in [0.25, 0.3) is 0 Å². The summed E-state index contributed by atoms with van der Waals surface area (Å²) in [5.41, 5.74) is 5.88. The molecule has 216 valence electrons. The summed E-state index contributed by atoms with van der Waals surface area (Å²) in [6.07, 6.45) is 1.18. The number of rotatable bonds is 6. The maximum Gasteiger partial charge on any atom is 0.483 e. The van der Waals surface area contributed by atoms with Crippen molar-refractivity contribution >= 4 is 35.3 Å². The second-order valence-corrected chi connectivity index (χ2v) is 12.2. The van der Waals surface area contributed by atoms with E-state index in [2.05, 4.69) is 37.1 Å². The van der Waals surface area contributed by atoms with Crippen LogP contribution < -0.4 is 10.2 Å². The van der Waals surface area contributed by atoms with Gasteiger partial charge in [-0.3, -0.25) is 14.6 Å². The average molecular weight is 582 g/mol.